The maximum Gasteiger partial charge on any atom is 0.156 e. The highest BCUT2D eigenvalue weighted by molar-refractivity contribution is 5.76. The summed E-state index contributed by atoms with van der Waals surface area (Å²) in [5.74, 6) is 0. The lowest BCUT2D eigenvalue weighted by atomic mass is 10.0. The predicted molar refractivity (Wildman–Crippen MR) is 109 cm³/mol. The molecule has 5 aromatic rings. The number of para-hydroxylation sites is 2. The molecular formula is C22H20N6. The first kappa shape index (κ1) is 16.6. The highest BCUT2D eigenvalue weighted by Crippen LogP contribution is 2.30. The number of hydrogen-bond donors (Lipinski definition) is 0. The number of aromatic nitrogens is 6. The molecule has 0 N–H and O–H groups in total. The van der Waals surface area contributed by atoms with Crippen LogP contribution >= 0.6 is 0 Å². The van der Waals surface area contributed by atoms with E-state index in [1.54, 1.807) is 0 Å². The van der Waals surface area contributed by atoms with E-state index in [-0.39, 0.29) is 0 Å². The van der Waals surface area contributed by atoms with E-state index >= 15 is 0 Å². The molecule has 0 amide bonds. The highest BCUT2D eigenvalue weighted by Gasteiger charge is 2.34. The van der Waals surface area contributed by atoms with Crippen molar-refractivity contribution in [3.05, 3.63) is 84.4 Å². The van der Waals surface area contributed by atoms with Gasteiger partial charge in [0.15, 0.2) is 5.66 Å². The summed E-state index contributed by atoms with van der Waals surface area (Å²) >= 11 is 0. The summed E-state index contributed by atoms with van der Waals surface area (Å²) in [6.07, 6.45) is 1.69. The van der Waals surface area contributed by atoms with Gasteiger partial charge >= 0.3 is 0 Å². The second-order valence-electron chi connectivity index (χ2n) is 7.18. The van der Waals surface area contributed by atoms with Crippen LogP contribution in [0, 0.1) is 0 Å². The Morgan fingerprint density at radius 3 is 1.75 bits per heavy atom. The van der Waals surface area contributed by atoms with Gasteiger partial charge in [0, 0.05) is 0 Å². The van der Waals surface area contributed by atoms with Gasteiger partial charge in [-0.1, -0.05) is 65.0 Å². The molecule has 2 aromatic heterocycles. The van der Waals surface area contributed by atoms with Crippen LogP contribution in [0.15, 0.2) is 78.9 Å². The summed E-state index contributed by atoms with van der Waals surface area (Å²) in [5.41, 5.74) is 4.44. The smallest absolute Gasteiger partial charge is 0.156 e. The third kappa shape index (κ3) is 2.65. The van der Waals surface area contributed by atoms with Gasteiger partial charge in [-0.15, -0.1) is 10.2 Å². The van der Waals surface area contributed by atoms with E-state index in [2.05, 4.69) is 63.9 Å². The predicted octanol–water partition coefficient (Wildman–Crippen LogP) is 4.03. The highest BCUT2D eigenvalue weighted by atomic mass is 15.6. The largest absolute Gasteiger partial charge is 0.217 e. The molecule has 0 unspecified atom stereocenters. The van der Waals surface area contributed by atoms with Gasteiger partial charge in [-0.25, -0.2) is 9.36 Å². The third-order valence-electron chi connectivity index (χ3n) is 5.35. The van der Waals surface area contributed by atoms with Crippen molar-refractivity contribution in [2.75, 3.05) is 0 Å². The van der Waals surface area contributed by atoms with Crippen LogP contribution in [-0.4, -0.2) is 30.0 Å². The summed E-state index contributed by atoms with van der Waals surface area (Å²) in [6.45, 7) is 2.15. The second kappa shape index (κ2) is 6.56. The van der Waals surface area contributed by atoms with E-state index in [0.29, 0.717) is 0 Å². The van der Waals surface area contributed by atoms with Gasteiger partial charge in [0.25, 0.3) is 0 Å². The van der Waals surface area contributed by atoms with Gasteiger partial charge in [0.1, 0.15) is 11.0 Å². The van der Waals surface area contributed by atoms with Crippen molar-refractivity contribution < 1.29 is 0 Å². The van der Waals surface area contributed by atoms with Crippen LogP contribution in [0.25, 0.3) is 22.1 Å². The van der Waals surface area contributed by atoms with Crippen molar-refractivity contribution in [3.8, 4) is 0 Å². The normalized spacial score (nSPS) is 12.0. The number of benzene rings is 3. The summed E-state index contributed by atoms with van der Waals surface area (Å²) in [5, 5.41) is 17.8. The van der Waals surface area contributed by atoms with Crippen molar-refractivity contribution in [3.63, 3.8) is 0 Å². The molecular weight excluding hydrogens is 348 g/mol. The molecule has 0 atom stereocenters. The Balaban J connectivity index is 1.67. The molecule has 0 saturated heterocycles. The zero-order valence-electron chi connectivity index (χ0n) is 15.6. The molecule has 5 rings (SSSR count). The van der Waals surface area contributed by atoms with Crippen LogP contribution < -0.4 is 0 Å². The summed E-state index contributed by atoms with van der Waals surface area (Å²) in [7, 11) is 0. The van der Waals surface area contributed by atoms with Crippen molar-refractivity contribution in [1.82, 2.24) is 30.0 Å². The standard InChI is InChI=1S/C22H20N6/c1-22(16-15-17-9-3-2-4-10-17,27-20-13-7-5-11-18(20)23-25-27)28-21-14-8-6-12-19(21)24-26-28/h2-14H,15-16H2,1H3. The topological polar surface area (TPSA) is 61.4 Å². The average molecular weight is 368 g/mol. The van der Waals surface area contributed by atoms with E-state index in [1.807, 2.05) is 51.8 Å². The average Bonchev–Trinajstić information content (AvgIpc) is 3.38. The monoisotopic (exact) mass is 368 g/mol. The van der Waals surface area contributed by atoms with Gasteiger partial charge in [-0.2, -0.15) is 0 Å². The van der Waals surface area contributed by atoms with Gasteiger partial charge in [0.05, 0.1) is 11.0 Å². The van der Waals surface area contributed by atoms with E-state index in [4.69, 9.17) is 0 Å². The lowest BCUT2D eigenvalue weighted by molar-refractivity contribution is 0.197. The lowest BCUT2D eigenvalue weighted by Crippen LogP contribution is -2.40. The molecule has 2 heterocycles. The lowest BCUT2D eigenvalue weighted by Gasteiger charge is -2.31. The van der Waals surface area contributed by atoms with Crippen LogP contribution in [0.5, 0.6) is 0 Å². The number of rotatable bonds is 5. The van der Waals surface area contributed by atoms with E-state index in [0.717, 1.165) is 34.9 Å². The molecule has 0 saturated carbocycles. The first-order valence-electron chi connectivity index (χ1n) is 9.41. The van der Waals surface area contributed by atoms with Crippen molar-refractivity contribution in [1.29, 1.82) is 0 Å². The number of hydrogen-bond acceptors (Lipinski definition) is 4. The molecule has 3 aromatic carbocycles. The van der Waals surface area contributed by atoms with Crippen LogP contribution in [0.3, 0.4) is 0 Å². The molecule has 0 bridgehead atoms. The maximum atomic E-state index is 4.52. The Morgan fingerprint density at radius 2 is 1.18 bits per heavy atom. The fourth-order valence-electron chi connectivity index (χ4n) is 3.78. The van der Waals surface area contributed by atoms with Crippen molar-refractivity contribution >= 4 is 22.1 Å². The molecule has 0 aliphatic carbocycles. The van der Waals surface area contributed by atoms with Gasteiger partial charge in [-0.3, -0.25) is 0 Å². The minimum absolute atomic E-state index is 0.554. The Bertz CT molecular complexity index is 1160. The number of fused-ring (bicyclic) bond motifs is 2. The zero-order chi connectivity index (χ0) is 19.0. The fraction of sp³-hybridized carbons (Fsp3) is 0.182. The molecule has 0 radical (unpaired) electrons. The molecule has 138 valence electrons. The van der Waals surface area contributed by atoms with Gasteiger partial charge < -0.3 is 0 Å². The molecule has 28 heavy (non-hydrogen) atoms. The van der Waals surface area contributed by atoms with Gasteiger partial charge in [0.2, 0.25) is 0 Å². The van der Waals surface area contributed by atoms with Crippen LogP contribution in [0.4, 0.5) is 0 Å². The van der Waals surface area contributed by atoms with E-state index in [9.17, 15) is 0 Å². The Labute approximate surface area is 162 Å². The summed E-state index contributed by atoms with van der Waals surface area (Å²) in [6, 6.07) is 26.5. The first-order valence-corrected chi connectivity index (χ1v) is 9.41. The molecule has 0 aliphatic rings. The van der Waals surface area contributed by atoms with Crippen LogP contribution in [0.1, 0.15) is 18.9 Å². The molecule has 6 heteroatoms. The quantitative estimate of drug-likeness (QED) is 0.470. The Hall–Kier alpha value is -3.54. The van der Waals surface area contributed by atoms with Crippen molar-refractivity contribution in [2.24, 2.45) is 0 Å². The summed E-state index contributed by atoms with van der Waals surface area (Å²) in [4.78, 5) is 0. The minimum atomic E-state index is -0.554. The third-order valence-corrected chi connectivity index (χ3v) is 5.35. The Morgan fingerprint density at radius 1 is 0.679 bits per heavy atom. The zero-order valence-corrected chi connectivity index (χ0v) is 15.6. The summed E-state index contributed by atoms with van der Waals surface area (Å²) < 4.78 is 3.96. The SMILES string of the molecule is CC(CCc1ccccc1)(n1nnc2ccccc21)n1nnc2ccccc21. The second-order valence-corrected chi connectivity index (χ2v) is 7.18. The molecule has 0 aliphatic heterocycles. The number of nitrogens with zero attached hydrogens (tertiary/aromatic N) is 6. The van der Waals surface area contributed by atoms with Crippen LogP contribution in [0.2, 0.25) is 0 Å². The minimum Gasteiger partial charge on any atom is -0.217 e. The maximum absolute atomic E-state index is 4.52. The molecule has 0 spiro atoms. The molecule has 0 fully saturated rings. The molecule has 6 nitrogen and oxygen atoms in total. The number of aryl methyl sites for hydroxylation is 1. The van der Waals surface area contributed by atoms with E-state index < -0.39 is 5.66 Å². The Kier molecular flexibility index (Phi) is 3.90. The van der Waals surface area contributed by atoms with Crippen LogP contribution in [-0.2, 0) is 12.1 Å². The first-order chi connectivity index (χ1) is 13.8. The van der Waals surface area contributed by atoms with Gasteiger partial charge in [-0.05, 0) is 49.6 Å². The fourth-order valence-corrected chi connectivity index (χ4v) is 3.78. The van der Waals surface area contributed by atoms with E-state index in [1.165, 1.54) is 5.56 Å². The van der Waals surface area contributed by atoms with Crippen molar-refractivity contribution in [2.45, 2.75) is 25.4 Å².